The molecule has 0 amide bonds. The number of hydrogen-bond donors (Lipinski definition) is 1. The molecule has 2 saturated heterocycles. The molecule has 2 fully saturated rings. The summed E-state index contributed by atoms with van der Waals surface area (Å²) in [6.45, 7) is 11.4. The number of guanidine groups is 1. The topological polar surface area (TPSA) is 49.3 Å². The molecule has 1 N–H and O–H groups in total. The molecule has 2 heterocycles. The lowest BCUT2D eigenvalue weighted by Crippen LogP contribution is -2.52. The van der Waals surface area contributed by atoms with E-state index in [1.165, 1.54) is 6.42 Å². The lowest BCUT2D eigenvalue weighted by atomic mass is 9.89. The van der Waals surface area contributed by atoms with Crippen molar-refractivity contribution in [2.24, 2.45) is 10.9 Å². The summed E-state index contributed by atoms with van der Waals surface area (Å²) in [4.78, 5) is 9.76. The van der Waals surface area contributed by atoms with Crippen LogP contribution in [0.3, 0.4) is 0 Å². The van der Waals surface area contributed by atoms with Crippen molar-refractivity contribution in [2.75, 3.05) is 66.7 Å². The third-order valence-corrected chi connectivity index (χ3v) is 5.37. The van der Waals surface area contributed by atoms with E-state index in [0.29, 0.717) is 5.92 Å². The molecule has 2 rings (SSSR count). The second-order valence-electron chi connectivity index (χ2n) is 7.16. The van der Waals surface area contributed by atoms with Gasteiger partial charge in [-0.3, -0.25) is 4.99 Å². The van der Waals surface area contributed by atoms with E-state index in [2.05, 4.69) is 43.1 Å². The van der Waals surface area contributed by atoms with Crippen LogP contribution < -0.4 is 5.32 Å². The summed E-state index contributed by atoms with van der Waals surface area (Å²) >= 11 is 0. The largest absolute Gasteiger partial charge is 0.381 e. The van der Waals surface area contributed by atoms with Crippen molar-refractivity contribution >= 4 is 5.96 Å². The summed E-state index contributed by atoms with van der Waals surface area (Å²) in [5.41, 5.74) is 0.128. The van der Waals surface area contributed by atoms with Crippen molar-refractivity contribution in [1.29, 1.82) is 0 Å². The quantitative estimate of drug-likeness (QED) is 0.561. The summed E-state index contributed by atoms with van der Waals surface area (Å²) in [6.07, 6.45) is 3.29. The van der Waals surface area contributed by atoms with Gasteiger partial charge in [-0.25, -0.2) is 0 Å². The zero-order valence-electron chi connectivity index (χ0n) is 16.0. The predicted molar refractivity (Wildman–Crippen MR) is 98.6 cm³/mol. The molecule has 24 heavy (non-hydrogen) atoms. The van der Waals surface area contributed by atoms with Gasteiger partial charge in [-0.15, -0.1) is 0 Å². The fraction of sp³-hybridized carbons (Fsp3) is 0.944. The van der Waals surface area contributed by atoms with Crippen LogP contribution in [-0.4, -0.2) is 88.0 Å². The van der Waals surface area contributed by atoms with Gasteiger partial charge in [-0.1, -0.05) is 0 Å². The van der Waals surface area contributed by atoms with Gasteiger partial charge in [0.25, 0.3) is 0 Å². The van der Waals surface area contributed by atoms with Crippen LogP contribution in [-0.2, 0) is 9.47 Å². The Morgan fingerprint density at radius 2 is 2.08 bits per heavy atom. The van der Waals surface area contributed by atoms with Gasteiger partial charge in [0.05, 0.1) is 13.2 Å². The molecule has 2 aliphatic rings. The summed E-state index contributed by atoms with van der Waals surface area (Å²) in [7, 11) is 4.34. The van der Waals surface area contributed by atoms with Gasteiger partial charge in [-0.2, -0.15) is 0 Å². The smallest absolute Gasteiger partial charge is 0.193 e. The average molecular weight is 341 g/mol. The van der Waals surface area contributed by atoms with E-state index in [4.69, 9.17) is 14.5 Å². The third-order valence-electron chi connectivity index (χ3n) is 5.37. The minimum absolute atomic E-state index is 0.128. The van der Waals surface area contributed by atoms with Crippen molar-refractivity contribution in [1.82, 2.24) is 15.1 Å². The third kappa shape index (κ3) is 5.07. The van der Waals surface area contributed by atoms with Crippen LogP contribution in [0, 0.1) is 5.92 Å². The summed E-state index contributed by atoms with van der Waals surface area (Å²) < 4.78 is 11.2. The van der Waals surface area contributed by atoms with E-state index < -0.39 is 0 Å². The first kappa shape index (κ1) is 19.5. The van der Waals surface area contributed by atoms with E-state index in [9.17, 15) is 0 Å². The normalized spacial score (nSPS) is 24.6. The first-order chi connectivity index (χ1) is 11.6. The van der Waals surface area contributed by atoms with Gasteiger partial charge in [0.2, 0.25) is 0 Å². The van der Waals surface area contributed by atoms with E-state index in [-0.39, 0.29) is 5.54 Å². The van der Waals surface area contributed by atoms with Crippen molar-refractivity contribution in [3.05, 3.63) is 0 Å². The maximum absolute atomic E-state index is 5.60. The van der Waals surface area contributed by atoms with Gasteiger partial charge >= 0.3 is 0 Å². The highest BCUT2D eigenvalue weighted by atomic mass is 16.5. The van der Waals surface area contributed by atoms with Crippen LogP contribution in [0.2, 0.25) is 0 Å². The number of ether oxygens (including phenoxy) is 2. The van der Waals surface area contributed by atoms with Crippen molar-refractivity contribution < 1.29 is 9.47 Å². The van der Waals surface area contributed by atoms with Crippen LogP contribution in [0.25, 0.3) is 0 Å². The minimum Gasteiger partial charge on any atom is -0.381 e. The zero-order chi connectivity index (χ0) is 17.4. The standard InChI is InChI=1S/C18H36N4O2/c1-5-19-17(22-10-7-16(13-22)14-23-6-2)20-15-18(21(3)4)8-11-24-12-9-18/h16H,5-15H2,1-4H3,(H,19,20). The molecular formula is C18H36N4O2. The fourth-order valence-corrected chi connectivity index (χ4v) is 3.59. The molecule has 0 aromatic rings. The van der Waals surface area contributed by atoms with E-state index in [1.54, 1.807) is 0 Å². The Morgan fingerprint density at radius 3 is 2.71 bits per heavy atom. The number of hydrogen-bond acceptors (Lipinski definition) is 4. The highest BCUT2D eigenvalue weighted by molar-refractivity contribution is 5.80. The van der Waals surface area contributed by atoms with Crippen molar-refractivity contribution in [2.45, 2.75) is 38.6 Å². The molecule has 0 aromatic heterocycles. The average Bonchev–Trinajstić information content (AvgIpc) is 3.06. The maximum atomic E-state index is 5.60. The molecule has 2 aliphatic heterocycles. The highest BCUT2D eigenvalue weighted by Crippen LogP contribution is 2.26. The fourth-order valence-electron chi connectivity index (χ4n) is 3.59. The number of nitrogens with one attached hydrogen (secondary N) is 1. The van der Waals surface area contributed by atoms with Crippen molar-refractivity contribution in [3.8, 4) is 0 Å². The Kier molecular flexibility index (Phi) is 7.78. The molecule has 6 nitrogen and oxygen atoms in total. The van der Waals surface area contributed by atoms with E-state index in [1.807, 2.05) is 0 Å². The second-order valence-corrected chi connectivity index (χ2v) is 7.16. The Labute approximate surface area is 147 Å². The first-order valence-corrected chi connectivity index (χ1v) is 9.47. The first-order valence-electron chi connectivity index (χ1n) is 9.47. The molecule has 1 unspecified atom stereocenters. The summed E-state index contributed by atoms with van der Waals surface area (Å²) in [5, 5.41) is 3.48. The molecule has 1 atom stereocenters. The van der Waals surface area contributed by atoms with E-state index >= 15 is 0 Å². The Balaban J connectivity index is 1.99. The molecule has 0 spiro atoms. The molecule has 0 aromatic carbocycles. The van der Waals surface area contributed by atoms with Crippen LogP contribution >= 0.6 is 0 Å². The molecular weight excluding hydrogens is 304 g/mol. The molecule has 140 valence electrons. The number of likely N-dealkylation sites (N-methyl/N-ethyl adjacent to an activating group) is 1. The van der Waals surface area contributed by atoms with Gasteiger partial charge < -0.3 is 24.6 Å². The Hall–Kier alpha value is -0.850. The van der Waals surface area contributed by atoms with Crippen LogP contribution in [0.4, 0.5) is 0 Å². The zero-order valence-corrected chi connectivity index (χ0v) is 16.0. The lowest BCUT2D eigenvalue weighted by molar-refractivity contribution is -0.00263. The van der Waals surface area contributed by atoms with Crippen LogP contribution in [0.15, 0.2) is 4.99 Å². The van der Waals surface area contributed by atoms with Gasteiger partial charge in [0, 0.05) is 50.9 Å². The summed E-state index contributed by atoms with van der Waals surface area (Å²) in [5.74, 6) is 1.68. The lowest BCUT2D eigenvalue weighted by Gasteiger charge is -2.42. The van der Waals surface area contributed by atoms with Crippen LogP contribution in [0.5, 0.6) is 0 Å². The Bertz CT molecular complexity index is 394. The SMILES string of the molecule is CCNC(=NCC1(N(C)C)CCOCC1)N1CCC(COCC)C1. The monoisotopic (exact) mass is 340 g/mol. The molecule has 6 heteroatoms. The van der Waals surface area contributed by atoms with Gasteiger partial charge in [0.15, 0.2) is 5.96 Å². The maximum Gasteiger partial charge on any atom is 0.193 e. The van der Waals surface area contributed by atoms with Gasteiger partial charge in [0.1, 0.15) is 0 Å². The van der Waals surface area contributed by atoms with E-state index in [0.717, 1.165) is 71.4 Å². The number of rotatable bonds is 7. The Morgan fingerprint density at radius 1 is 1.33 bits per heavy atom. The molecule has 0 saturated carbocycles. The minimum atomic E-state index is 0.128. The molecule has 0 radical (unpaired) electrons. The predicted octanol–water partition coefficient (Wildman–Crippen LogP) is 1.42. The highest BCUT2D eigenvalue weighted by Gasteiger charge is 2.35. The number of aliphatic imine (C=N–C) groups is 1. The molecule has 0 bridgehead atoms. The number of likely N-dealkylation sites (tertiary alicyclic amines) is 1. The van der Waals surface area contributed by atoms with Gasteiger partial charge in [-0.05, 0) is 47.2 Å². The number of nitrogens with zero attached hydrogens (tertiary/aromatic N) is 3. The van der Waals surface area contributed by atoms with Crippen LogP contribution in [0.1, 0.15) is 33.1 Å². The van der Waals surface area contributed by atoms with Crippen molar-refractivity contribution in [3.63, 3.8) is 0 Å². The summed E-state index contributed by atoms with van der Waals surface area (Å²) in [6, 6.07) is 0. The second kappa shape index (κ2) is 9.59. The molecule has 0 aliphatic carbocycles.